The van der Waals surface area contributed by atoms with Crippen LogP contribution in [0.3, 0.4) is 0 Å². The molecule has 7 heteroatoms. The number of aromatic amines is 1. The van der Waals surface area contributed by atoms with Gasteiger partial charge in [0, 0.05) is 24.0 Å². The number of benzene rings is 2. The molecule has 5 nitrogen and oxygen atoms in total. The largest absolute Gasteiger partial charge is 0.340 e. The van der Waals surface area contributed by atoms with E-state index in [0.717, 1.165) is 29.7 Å². The topological polar surface area (TPSA) is 75.0 Å². The summed E-state index contributed by atoms with van der Waals surface area (Å²) in [6, 6.07) is 11.5. The van der Waals surface area contributed by atoms with Crippen LogP contribution in [0.15, 0.2) is 42.5 Å². The van der Waals surface area contributed by atoms with Gasteiger partial charge in [-0.25, -0.2) is 9.37 Å². The molecule has 0 bridgehead atoms. The maximum absolute atomic E-state index is 13.8. The zero-order valence-corrected chi connectivity index (χ0v) is 16.1. The monoisotopic (exact) mass is 400 g/mol. The molecule has 28 heavy (non-hydrogen) atoms. The number of halogens is 2. The summed E-state index contributed by atoms with van der Waals surface area (Å²) < 4.78 is 13.8. The van der Waals surface area contributed by atoms with Gasteiger partial charge in [0.15, 0.2) is 0 Å². The molecular weight excluding hydrogens is 379 g/mol. The molecule has 0 saturated carbocycles. The summed E-state index contributed by atoms with van der Waals surface area (Å²) in [5, 5.41) is 0.640. The van der Waals surface area contributed by atoms with Crippen LogP contribution in [0.25, 0.3) is 11.0 Å². The highest BCUT2D eigenvalue weighted by molar-refractivity contribution is 6.31. The molecule has 0 radical (unpaired) electrons. The lowest BCUT2D eigenvalue weighted by atomic mass is 10.0. The van der Waals surface area contributed by atoms with Gasteiger partial charge in [0.1, 0.15) is 11.6 Å². The molecule has 1 aliphatic heterocycles. The van der Waals surface area contributed by atoms with E-state index in [4.69, 9.17) is 17.3 Å². The molecule has 0 spiro atoms. The first-order valence-electron chi connectivity index (χ1n) is 9.45. The standard InChI is InChI=1S/C21H22ClFN4O/c22-14-7-8-17-18(11-14)26-21(25-17)19-6-3-9-27(19)20(28)12-15(24)10-13-4-1-2-5-16(13)23/h1-2,4-5,7-8,11,15,19H,3,6,9-10,12,24H2,(H,25,26)/t15-,19+/m1/s1. The van der Waals surface area contributed by atoms with Crippen LogP contribution in [0.2, 0.25) is 5.02 Å². The van der Waals surface area contributed by atoms with Crippen molar-refractivity contribution >= 4 is 28.5 Å². The Morgan fingerprint density at radius 1 is 1.36 bits per heavy atom. The van der Waals surface area contributed by atoms with Crippen molar-refractivity contribution in [3.05, 3.63) is 64.7 Å². The summed E-state index contributed by atoms with van der Waals surface area (Å²) in [5.74, 6) is 0.459. The average molecular weight is 401 g/mol. The number of imidazole rings is 1. The number of carbonyl (C=O) groups is 1. The highest BCUT2D eigenvalue weighted by Crippen LogP contribution is 2.32. The Morgan fingerprint density at radius 2 is 2.18 bits per heavy atom. The Hall–Kier alpha value is -2.44. The highest BCUT2D eigenvalue weighted by atomic mass is 35.5. The number of nitrogens with two attached hydrogens (primary N) is 1. The van der Waals surface area contributed by atoms with Crippen LogP contribution >= 0.6 is 11.6 Å². The van der Waals surface area contributed by atoms with Crippen molar-refractivity contribution in [2.24, 2.45) is 5.73 Å². The molecule has 2 aromatic carbocycles. The first-order chi connectivity index (χ1) is 13.5. The van der Waals surface area contributed by atoms with Crippen molar-refractivity contribution in [3.8, 4) is 0 Å². The van der Waals surface area contributed by atoms with Gasteiger partial charge < -0.3 is 15.6 Å². The molecule has 1 amide bonds. The van der Waals surface area contributed by atoms with Crippen molar-refractivity contribution < 1.29 is 9.18 Å². The fraction of sp³-hybridized carbons (Fsp3) is 0.333. The number of amides is 1. The van der Waals surface area contributed by atoms with Crippen LogP contribution in [0, 0.1) is 5.82 Å². The second-order valence-corrected chi connectivity index (χ2v) is 7.72. The molecule has 0 unspecified atom stereocenters. The van der Waals surface area contributed by atoms with Crippen LogP contribution in [0.5, 0.6) is 0 Å². The summed E-state index contributed by atoms with van der Waals surface area (Å²) in [5.41, 5.74) is 8.38. The molecule has 1 saturated heterocycles. The van der Waals surface area contributed by atoms with Crippen molar-refractivity contribution in [1.82, 2.24) is 14.9 Å². The molecule has 2 heterocycles. The van der Waals surface area contributed by atoms with E-state index < -0.39 is 6.04 Å². The van der Waals surface area contributed by atoms with E-state index in [1.54, 1.807) is 24.3 Å². The van der Waals surface area contributed by atoms with Gasteiger partial charge in [-0.2, -0.15) is 0 Å². The first kappa shape index (κ1) is 18.9. The smallest absolute Gasteiger partial charge is 0.224 e. The third kappa shape index (κ3) is 3.88. The van der Waals surface area contributed by atoms with Gasteiger partial charge in [-0.3, -0.25) is 4.79 Å². The van der Waals surface area contributed by atoms with E-state index in [2.05, 4.69) is 9.97 Å². The number of nitrogens with one attached hydrogen (secondary N) is 1. The number of rotatable bonds is 5. The lowest BCUT2D eigenvalue weighted by Gasteiger charge is -2.24. The minimum Gasteiger partial charge on any atom is -0.340 e. The fourth-order valence-corrected chi connectivity index (χ4v) is 4.04. The summed E-state index contributed by atoms with van der Waals surface area (Å²) in [6.45, 7) is 0.674. The van der Waals surface area contributed by atoms with E-state index in [1.165, 1.54) is 6.07 Å². The van der Waals surface area contributed by atoms with E-state index in [0.29, 0.717) is 23.6 Å². The molecule has 3 N–H and O–H groups in total. The number of fused-ring (bicyclic) bond motifs is 1. The van der Waals surface area contributed by atoms with Gasteiger partial charge in [-0.15, -0.1) is 0 Å². The molecule has 0 aliphatic carbocycles. The summed E-state index contributed by atoms with van der Waals surface area (Å²) in [7, 11) is 0. The van der Waals surface area contributed by atoms with Gasteiger partial charge >= 0.3 is 0 Å². The summed E-state index contributed by atoms with van der Waals surface area (Å²) in [4.78, 5) is 22.6. The molecule has 2 atom stereocenters. The Labute approximate surface area is 167 Å². The molecule has 146 valence electrons. The number of H-pyrrole nitrogens is 1. The van der Waals surface area contributed by atoms with E-state index >= 15 is 0 Å². The van der Waals surface area contributed by atoms with Crippen LogP contribution in [-0.4, -0.2) is 33.4 Å². The minimum absolute atomic E-state index is 0.0233. The van der Waals surface area contributed by atoms with Crippen molar-refractivity contribution in [1.29, 1.82) is 0 Å². The maximum Gasteiger partial charge on any atom is 0.224 e. The number of likely N-dealkylation sites (tertiary alicyclic amines) is 1. The van der Waals surface area contributed by atoms with Crippen molar-refractivity contribution in [3.63, 3.8) is 0 Å². The number of hydrogen-bond donors (Lipinski definition) is 2. The SMILES string of the molecule is N[C@@H](CC(=O)N1CCC[C@H]1c1nc2ccc(Cl)cc2[nH]1)Cc1ccccc1F. The average Bonchev–Trinajstić information content (AvgIpc) is 3.29. The Balaban J connectivity index is 1.46. The number of nitrogens with zero attached hydrogens (tertiary/aromatic N) is 2. The van der Waals surface area contributed by atoms with Crippen LogP contribution in [-0.2, 0) is 11.2 Å². The minimum atomic E-state index is -0.430. The zero-order valence-electron chi connectivity index (χ0n) is 15.4. The van der Waals surface area contributed by atoms with Crippen LogP contribution < -0.4 is 5.73 Å². The molecule has 1 fully saturated rings. The summed E-state index contributed by atoms with van der Waals surface area (Å²) in [6.07, 6.45) is 2.27. The van der Waals surface area contributed by atoms with Crippen molar-refractivity contribution in [2.75, 3.05) is 6.54 Å². The first-order valence-corrected chi connectivity index (χ1v) is 9.82. The van der Waals surface area contributed by atoms with Gasteiger partial charge in [0.25, 0.3) is 0 Å². The second-order valence-electron chi connectivity index (χ2n) is 7.29. The van der Waals surface area contributed by atoms with Gasteiger partial charge in [0.2, 0.25) is 5.91 Å². The van der Waals surface area contributed by atoms with Crippen LogP contribution in [0.4, 0.5) is 4.39 Å². The highest BCUT2D eigenvalue weighted by Gasteiger charge is 2.32. The number of aromatic nitrogens is 2. The molecule has 1 aliphatic rings. The lowest BCUT2D eigenvalue weighted by Crippen LogP contribution is -2.36. The Kier molecular flexibility index (Phi) is 5.33. The van der Waals surface area contributed by atoms with Gasteiger partial charge in [-0.1, -0.05) is 29.8 Å². The second kappa shape index (κ2) is 7.89. The summed E-state index contributed by atoms with van der Waals surface area (Å²) >= 11 is 6.05. The quantitative estimate of drug-likeness (QED) is 0.680. The van der Waals surface area contributed by atoms with Gasteiger partial charge in [-0.05, 0) is 49.1 Å². The predicted octanol–water partition coefficient (Wildman–Crippen LogP) is 3.98. The lowest BCUT2D eigenvalue weighted by molar-refractivity contribution is -0.132. The normalized spacial score (nSPS) is 18.0. The van der Waals surface area contributed by atoms with E-state index in [1.807, 2.05) is 17.0 Å². The van der Waals surface area contributed by atoms with E-state index in [9.17, 15) is 9.18 Å². The number of carbonyl (C=O) groups excluding carboxylic acids is 1. The predicted molar refractivity (Wildman–Crippen MR) is 107 cm³/mol. The third-order valence-corrected chi connectivity index (χ3v) is 5.46. The fourth-order valence-electron chi connectivity index (χ4n) is 3.87. The van der Waals surface area contributed by atoms with E-state index in [-0.39, 0.29) is 24.2 Å². The Morgan fingerprint density at radius 3 is 3.00 bits per heavy atom. The molecule has 3 aromatic rings. The van der Waals surface area contributed by atoms with Crippen molar-refractivity contribution in [2.45, 2.75) is 37.8 Å². The number of hydrogen-bond acceptors (Lipinski definition) is 3. The zero-order chi connectivity index (χ0) is 19.7. The maximum atomic E-state index is 13.8. The Bertz CT molecular complexity index is 1000. The van der Waals surface area contributed by atoms with Crippen LogP contribution in [0.1, 0.15) is 36.7 Å². The van der Waals surface area contributed by atoms with Gasteiger partial charge in [0.05, 0.1) is 17.1 Å². The molecular formula is C21H22ClFN4O. The molecule has 1 aromatic heterocycles. The molecule has 4 rings (SSSR count). The third-order valence-electron chi connectivity index (χ3n) is 5.23.